The van der Waals surface area contributed by atoms with Gasteiger partial charge in [-0.3, -0.25) is 4.79 Å². The molecule has 1 unspecified atom stereocenters. The van der Waals surface area contributed by atoms with Crippen molar-refractivity contribution in [3.63, 3.8) is 0 Å². The van der Waals surface area contributed by atoms with Crippen LogP contribution in [0.25, 0.3) is 0 Å². The van der Waals surface area contributed by atoms with Gasteiger partial charge in [-0.25, -0.2) is 0 Å². The van der Waals surface area contributed by atoms with E-state index >= 15 is 0 Å². The molecule has 0 spiro atoms. The third kappa shape index (κ3) is 2.40. The zero-order valence-corrected chi connectivity index (χ0v) is 10.6. The third-order valence-electron chi connectivity index (χ3n) is 3.16. The normalized spacial score (nSPS) is 19.8. The lowest BCUT2D eigenvalue weighted by molar-refractivity contribution is -0.119. The minimum Gasteiger partial charge on any atom is -0.326 e. The summed E-state index contributed by atoms with van der Waals surface area (Å²) in [7, 11) is 0. The van der Waals surface area contributed by atoms with Crippen molar-refractivity contribution in [1.82, 2.24) is 0 Å². The smallest absolute Gasteiger partial charge is 0.228 e. The molecule has 86 valence electrons. The van der Waals surface area contributed by atoms with Crippen molar-refractivity contribution in [1.29, 1.82) is 0 Å². The maximum absolute atomic E-state index is 12.0. The second-order valence-electron chi connectivity index (χ2n) is 4.30. The fourth-order valence-corrected chi connectivity index (χ4v) is 3.08. The van der Waals surface area contributed by atoms with Gasteiger partial charge >= 0.3 is 0 Å². The van der Waals surface area contributed by atoms with E-state index in [2.05, 4.69) is 18.3 Å². The minimum atomic E-state index is 0.179. The van der Waals surface area contributed by atoms with Crippen LogP contribution in [0.1, 0.15) is 17.5 Å². The van der Waals surface area contributed by atoms with E-state index in [0.29, 0.717) is 0 Å². The molecule has 1 amide bonds. The zero-order valence-electron chi connectivity index (χ0n) is 9.75. The number of benzene rings is 1. The number of carbonyl (C=O) groups is 1. The average molecular weight is 235 g/mol. The Morgan fingerprint density at radius 2 is 2.25 bits per heavy atom. The van der Waals surface area contributed by atoms with Gasteiger partial charge in [0.15, 0.2) is 0 Å². The Kier molecular flexibility index (Phi) is 3.54. The molecule has 0 bridgehead atoms. The Labute approximate surface area is 101 Å². The molecule has 1 saturated heterocycles. The molecule has 1 atom stereocenters. The highest BCUT2D eigenvalue weighted by molar-refractivity contribution is 7.99. The van der Waals surface area contributed by atoms with Crippen LogP contribution >= 0.6 is 11.8 Å². The van der Waals surface area contributed by atoms with Crippen LogP contribution in [0, 0.1) is 19.8 Å². The van der Waals surface area contributed by atoms with Crippen molar-refractivity contribution in [3.8, 4) is 0 Å². The molecular weight excluding hydrogens is 218 g/mol. The number of hydrogen-bond acceptors (Lipinski definition) is 2. The van der Waals surface area contributed by atoms with Gasteiger partial charge in [-0.15, -0.1) is 0 Å². The van der Waals surface area contributed by atoms with Crippen molar-refractivity contribution in [2.24, 2.45) is 5.92 Å². The van der Waals surface area contributed by atoms with Crippen LogP contribution < -0.4 is 5.32 Å². The molecular formula is C13H17NOS. The second kappa shape index (κ2) is 4.91. The van der Waals surface area contributed by atoms with Crippen molar-refractivity contribution < 1.29 is 4.79 Å². The summed E-state index contributed by atoms with van der Waals surface area (Å²) in [6, 6.07) is 6.03. The van der Waals surface area contributed by atoms with E-state index in [1.807, 2.05) is 30.8 Å². The number of aryl methyl sites for hydroxylation is 1. The summed E-state index contributed by atoms with van der Waals surface area (Å²) in [4.78, 5) is 12.0. The summed E-state index contributed by atoms with van der Waals surface area (Å²) in [5, 5.41) is 3.04. The van der Waals surface area contributed by atoms with Crippen LogP contribution in [0.15, 0.2) is 18.2 Å². The first-order valence-corrected chi connectivity index (χ1v) is 6.79. The number of nitrogens with one attached hydrogen (secondary N) is 1. The highest BCUT2D eigenvalue weighted by Gasteiger charge is 2.23. The number of thioether (sulfide) groups is 1. The first-order valence-electron chi connectivity index (χ1n) is 5.63. The Morgan fingerprint density at radius 3 is 2.94 bits per heavy atom. The molecule has 0 aliphatic carbocycles. The topological polar surface area (TPSA) is 29.1 Å². The fourth-order valence-electron chi connectivity index (χ4n) is 1.86. The molecule has 1 fully saturated rings. The van der Waals surface area contributed by atoms with Gasteiger partial charge in [0.25, 0.3) is 0 Å². The summed E-state index contributed by atoms with van der Waals surface area (Å²) < 4.78 is 0. The van der Waals surface area contributed by atoms with E-state index in [4.69, 9.17) is 0 Å². The van der Waals surface area contributed by atoms with E-state index < -0.39 is 0 Å². The third-order valence-corrected chi connectivity index (χ3v) is 4.33. The Morgan fingerprint density at radius 1 is 1.44 bits per heavy atom. The monoisotopic (exact) mass is 235 g/mol. The molecule has 1 aliphatic heterocycles. The molecule has 0 aromatic heterocycles. The van der Waals surface area contributed by atoms with E-state index in [0.717, 1.165) is 23.6 Å². The van der Waals surface area contributed by atoms with Crippen molar-refractivity contribution >= 4 is 23.4 Å². The zero-order chi connectivity index (χ0) is 11.5. The average Bonchev–Trinajstić information content (AvgIpc) is 2.78. The van der Waals surface area contributed by atoms with Gasteiger partial charge in [0.05, 0.1) is 0 Å². The predicted octanol–water partition coefficient (Wildman–Crippen LogP) is 3.00. The van der Waals surface area contributed by atoms with E-state index in [-0.39, 0.29) is 11.8 Å². The molecule has 0 radical (unpaired) electrons. The lowest BCUT2D eigenvalue weighted by atomic mass is 10.1. The maximum atomic E-state index is 12.0. The largest absolute Gasteiger partial charge is 0.326 e. The molecule has 1 N–H and O–H groups in total. The summed E-state index contributed by atoms with van der Waals surface area (Å²) in [5.41, 5.74) is 3.35. The van der Waals surface area contributed by atoms with Crippen LogP contribution in [-0.2, 0) is 4.79 Å². The predicted molar refractivity (Wildman–Crippen MR) is 70.0 cm³/mol. The molecule has 3 heteroatoms. The lowest BCUT2D eigenvalue weighted by Crippen LogP contribution is -2.22. The number of rotatable bonds is 2. The van der Waals surface area contributed by atoms with Crippen molar-refractivity contribution in [2.45, 2.75) is 20.3 Å². The van der Waals surface area contributed by atoms with E-state index in [1.54, 1.807) is 0 Å². The van der Waals surface area contributed by atoms with Gasteiger partial charge < -0.3 is 5.32 Å². The van der Waals surface area contributed by atoms with Gasteiger partial charge in [-0.2, -0.15) is 11.8 Å². The molecule has 1 heterocycles. The Hall–Kier alpha value is -0.960. The van der Waals surface area contributed by atoms with Crippen LogP contribution in [0.5, 0.6) is 0 Å². The number of amides is 1. The molecule has 2 rings (SSSR count). The molecule has 16 heavy (non-hydrogen) atoms. The van der Waals surface area contributed by atoms with Gasteiger partial charge in [0.2, 0.25) is 5.91 Å². The summed E-state index contributed by atoms with van der Waals surface area (Å²) >= 11 is 1.87. The Bertz CT molecular complexity index is 397. The maximum Gasteiger partial charge on any atom is 0.228 e. The number of carbonyl (C=O) groups excluding carboxylic acids is 1. The quantitative estimate of drug-likeness (QED) is 0.853. The van der Waals surface area contributed by atoms with E-state index in [9.17, 15) is 4.79 Å². The molecule has 2 nitrogen and oxygen atoms in total. The lowest BCUT2D eigenvalue weighted by Gasteiger charge is -2.13. The van der Waals surface area contributed by atoms with Gasteiger partial charge in [-0.1, -0.05) is 12.1 Å². The Balaban J connectivity index is 2.08. The van der Waals surface area contributed by atoms with Crippen molar-refractivity contribution in [3.05, 3.63) is 29.3 Å². The number of anilines is 1. The molecule has 1 aromatic carbocycles. The highest BCUT2D eigenvalue weighted by atomic mass is 32.2. The fraction of sp³-hybridized carbons (Fsp3) is 0.462. The minimum absolute atomic E-state index is 0.179. The van der Waals surface area contributed by atoms with Gasteiger partial charge in [0, 0.05) is 17.4 Å². The summed E-state index contributed by atoms with van der Waals surface area (Å²) in [6.07, 6.45) is 1.02. The van der Waals surface area contributed by atoms with Gasteiger partial charge in [-0.05, 0) is 43.2 Å². The highest BCUT2D eigenvalue weighted by Crippen LogP contribution is 2.25. The van der Waals surface area contributed by atoms with Gasteiger partial charge in [0.1, 0.15) is 0 Å². The SMILES string of the molecule is Cc1cccc(NC(=O)C2CCSC2)c1C. The van der Waals surface area contributed by atoms with Crippen LogP contribution in [0.2, 0.25) is 0 Å². The van der Waals surface area contributed by atoms with Crippen LogP contribution in [0.4, 0.5) is 5.69 Å². The van der Waals surface area contributed by atoms with Crippen LogP contribution in [-0.4, -0.2) is 17.4 Å². The summed E-state index contributed by atoms with van der Waals surface area (Å²) in [5.74, 6) is 2.46. The first kappa shape index (κ1) is 11.5. The molecule has 0 saturated carbocycles. The first-order chi connectivity index (χ1) is 7.68. The second-order valence-corrected chi connectivity index (χ2v) is 5.45. The molecule has 1 aromatic rings. The number of hydrogen-bond donors (Lipinski definition) is 1. The summed E-state index contributed by atoms with van der Waals surface area (Å²) in [6.45, 7) is 4.12. The van der Waals surface area contributed by atoms with Crippen LogP contribution in [0.3, 0.4) is 0 Å². The van der Waals surface area contributed by atoms with E-state index in [1.165, 1.54) is 11.1 Å². The standard InChI is InChI=1S/C13H17NOS/c1-9-4-3-5-12(10(9)2)14-13(15)11-6-7-16-8-11/h3-5,11H,6-8H2,1-2H3,(H,14,15). The molecule has 1 aliphatic rings. The van der Waals surface area contributed by atoms with Crippen molar-refractivity contribution in [2.75, 3.05) is 16.8 Å².